The van der Waals surface area contributed by atoms with Crippen LogP contribution in [-0.4, -0.2) is 15.8 Å². The molecular weight excluding hydrogens is 411 g/mol. The van der Waals surface area contributed by atoms with Gasteiger partial charge in [0.05, 0.1) is 21.6 Å². The molecule has 144 valence electrons. The van der Waals surface area contributed by atoms with E-state index in [2.05, 4.69) is 10.4 Å². The number of hydrogen-bond acceptors (Lipinski definition) is 4. The second-order valence-electron chi connectivity index (χ2n) is 5.38. The average molecular weight is 423 g/mol. The van der Waals surface area contributed by atoms with Crippen LogP contribution in [0.15, 0.2) is 47.3 Å². The molecular formula is C16H12Cl2F4N4O. The zero-order valence-electron chi connectivity index (χ0n) is 13.3. The molecule has 0 amide bonds. The van der Waals surface area contributed by atoms with Gasteiger partial charge in [-0.05, 0) is 36.4 Å². The number of hydrogen-bond donors (Lipinski definition) is 2. The Morgan fingerprint density at radius 2 is 1.78 bits per heavy atom. The maximum atomic E-state index is 13.1. The van der Waals surface area contributed by atoms with Crippen LogP contribution in [0.4, 0.5) is 23.2 Å². The smallest absolute Gasteiger partial charge is 0.314 e. The summed E-state index contributed by atoms with van der Waals surface area (Å²) in [6.45, 7) is 0. The Bertz CT molecular complexity index is 1020. The van der Waals surface area contributed by atoms with Crippen LogP contribution < -0.4 is 16.7 Å². The third-order valence-electron chi connectivity index (χ3n) is 3.59. The van der Waals surface area contributed by atoms with E-state index in [4.69, 9.17) is 17.3 Å². The third-order valence-corrected chi connectivity index (χ3v) is 3.90. The number of anilines is 1. The van der Waals surface area contributed by atoms with Gasteiger partial charge >= 0.3 is 6.18 Å². The zero-order valence-corrected chi connectivity index (χ0v) is 14.9. The van der Waals surface area contributed by atoms with Crippen molar-refractivity contribution in [1.29, 1.82) is 0 Å². The third kappa shape index (κ3) is 4.15. The predicted octanol–water partition coefficient (Wildman–Crippen LogP) is 4.05. The average Bonchev–Trinajstić information content (AvgIpc) is 2.57. The number of nitrogens with zero attached hydrogens (tertiary/aromatic N) is 2. The molecule has 3 aromatic rings. The Labute approximate surface area is 161 Å². The maximum absolute atomic E-state index is 13.1. The lowest BCUT2D eigenvalue weighted by atomic mass is 10.2. The lowest BCUT2D eigenvalue weighted by molar-refractivity contribution is -0.151. The normalized spacial score (nSPS) is 12.5. The number of fused-ring (bicyclic) bond motifs is 1. The van der Waals surface area contributed by atoms with E-state index in [1.807, 2.05) is 0 Å². The van der Waals surface area contributed by atoms with Crippen LogP contribution in [0, 0.1) is 5.82 Å². The molecule has 0 aliphatic heterocycles. The van der Waals surface area contributed by atoms with Gasteiger partial charge in [-0.2, -0.15) is 13.2 Å². The van der Waals surface area contributed by atoms with Gasteiger partial charge in [-0.25, -0.2) is 14.1 Å². The van der Waals surface area contributed by atoms with Crippen molar-refractivity contribution in [2.75, 3.05) is 5.43 Å². The molecule has 0 aliphatic carbocycles. The number of nitrogens with two attached hydrogens (primary N) is 1. The molecule has 3 rings (SSSR count). The van der Waals surface area contributed by atoms with E-state index >= 15 is 0 Å². The fraction of sp³-hybridized carbons (Fsp3) is 0.125. The topological polar surface area (TPSA) is 72.9 Å². The van der Waals surface area contributed by atoms with E-state index in [0.717, 1.165) is 12.1 Å². The van der Waals surface area contributed by atoms with E-state index in [1.54, 1.807) is 0 Å². The van der Waals surface area contributed by atoms with Gasteiger partial charge in [-0.15, -0.1) is 12.4 Å². The molecule has 0 saturated carbocycles. The summed E-state index contributed by atoms with van der Waals surface area (Å²) in [5, 5.41) is -0.0383. The number of aromatic nitrogens is 2. The molecule has 1 unspecified atom stereocenters. The Morgan fingerprint density at radius 1 is 1.15 bits per heavy atom. The predicted molar refractivity (Wildman–Crippen MR) is 96.7 cm³/mol. The molecule has 1 aromatic heterocycles. The number of benzene rings is 2. The van der Waals surface area contributed by atoms with Crippen molar-refractivity contribution in [3.63, 3.8) is 0 Å². The Kier molecular flexibility index (Phi) is 5.98. The summed E-state index contributed by atoms with van der Waals surface area (Å²) in [4.78, 5) is 16.6. The monoisotopic (exact) mass is 422 g/mol. The maximum Gasteiger partial charge on any atom is 0.410 e. The molecule has 1 atom stereocenters. The highest BCUT2D eigenvalue weighted by atomic mass is 35.5. The fourth-order valence-electron chi connectivity index (χ4n) is 2.32. The first-order valence-corrected chi connectivity index (χ1v) is 7.62. The summed E-state index contributed by atoms with van der Waals surface area (Å²) < 4.78 is 53.0. The van der Waals surface area contributed by atoms with Crippen molar-refractivity contribution in [3.8, 4) is 0 Å². The Morgan fingerprint density at radius 3 is 2.37 bits per heavy atom. The molecule has 3 N–H and O–H groups in total. The molecule has 0 saturated heterocycles. The van der Waals surface area contributed by atoms with Crippen LogP contribution >= 0.6 is 24.0 Å². The number of alkyl halides is 3. The summed E-state index contributed by atoms with van der Waals surface area (Å²) in [7, 11) is 0. The van der Waals surface area contributed by atoms with Gasteiger partial charge in [0.1, 0.15) is 5.82 Å². The van der Waals surface area contributed by atoms with Crippen molar-refractivity contribution < 1.29 is 17.6 Å². The highest BCUT2D eigenvalue weighted by Gasteiger charge is 2.41. The highest BCUT2D eigenvalue weighted by Crippen LogP contribution is 2.30. The molecule has 0 spiro atoms. The minimum Gasteiger partial charge on any atom is -0.314 e. The lowest BCUT2D eigenvalue weighted by Gasteiger charge is -2.21. The second kappa shape index (κ2) is 7.71. The first kappa shape index (κ1) is 20.9. The van der Waals surface area contributed by atoms with Crippen LogP contribution in [0.5, 0.6) is 0 Å². The SMILES string of the molecule is Cl.NC(c1nc2cccc(Cl)c2c(=O)n1Nc1ccc(F)cc1)C(F)(F)F. The first-order valence-electron chi connectivity index (χ1n) is 7.24. The van der Waals surface area contributed by atoms with Crippen molar-refractivity contribution in [2.24, 2.45) is 5.73 Å². The molecule has 0 fully saturated rings. The molecule has 11 heteroatoms. The number of halogens is 6. The van der Waals surface area contributed by atoms with Crippen LogP contribution in [0.1, 0.15) is 11.9 Å². The van der Waals surface area contributed by atoms with Gasteiger partial charge < -0.3 is 5.73 Å². The fourth-order valence-corrected chi connectivity index (χ4v) is 2.57. The van der Waals surface area contributed by atoms with E-state index in [9.17, 15) is 22.4 Å². The van der Waals surface area contributed by atoms with Crippen molar-refractivity contribution >= 4 is 40.6 Å². The summed E-state index contributed by atoms with van der Waals surface area (Å²) in [5.74, 6) is -1.30. The summed E-state index contributed by atoms with van der Waals surface area (Å²) in [5.41, 5.74) is 7.03. The highest BCUT2D eigenvalue weighted by molar-refractivity contribution is 6.35. The number of rotatable bonds is 3. The van der Waals surface area contributed by atoms with E-state index in [-0.39, 0.29) is 34.0 Å². The first-order chi connectivity index (χ1) is 12.2. The van der Waals surface area contributed by atoms with Crippen molar-refractivity contribution in [1.82, 2.24) is 9.66 Å². The van der Waals surface area contributed by atoms with Crippen LogP contribution in [-0.2, 0) is 0 Å². The molecule has 1 heterocycles. The van der Waals surface area contributed by atoms with Crippen molar-refractivity contribution in [2.45, 2.75) is 12.2 Å². The largest absolute Gasteiger partial charge is 0.410 e. The van der Waals surface area contributed by atoms with Gasteiger partial charge in [0.25, 0.3) is 5.56 Å². The second-order valence-corrected chi connectivity index (χ2v) is 5.79. The van der Waals surface area contributed by atoms with Gasteiger partial charge in [0, 0.05) is 0 Å². The van der Waals surface area contributed by atoms with Gasteiger partial charge in [-0.1, -0.05) is 17.7 Å². The van der Waals surface area contributed by atoms with Crippen LogP contribution in [0.2, 0.25) is 5.02 Å². The molecule has 0 radical (unpaired) electrons. The minimum absolute atomic E-state index is 0. The number of nitrogens with one attached hydrogen (secondary N) is 1. The minimum atomic E-state index is -4.84. The summed E-state index contributed by atoms with van der Waals surface area (Å²) >= 11 is 6.00. The zero-order chi connectivity index (χ0) is 19.1. The Hall–Kier alpha value is -2.36. The van der Waals surface area contributed by atoms with Crippen LogP contribution in [0.3, 0.4) is 0 Å². The molecule has 5 nitrogen and oxygen atoms in total. The van der Waals surface area contributed by atoms with Gasteiger partial charge in [0.2, 0.25) is 0 Å². The lowest BCUT2D eigenvalue weighted by Crippen LogP contribution is -2.39. The van der Waals surface area contributed by atoms with E-state index in [0.29, 0.717) is 4.68 Å². The van der Waals surface area contributed by atoms with E-state index < -0.39 is 29.4 Å². The van der Waals surface area contributed by atoms with Crippen LogP contribution in [0.25, 0.3) is 10.9 Å². The molecule has 2 aromatic carbocycles. The van der Waals surface area contributed by atoms with Gasteiger partial charge in [-0.3, -0.25) is 10.2 Å². The van der Waals surface area contributed by atoms with E-state index in [1.165, 1.54) is 30.3 Å². The quantitative estimate of drug-likeness (QED) is 0.624. The molecule has 0 aliphatic rings. The Balaban J connectivity index is 0.00000261. The molecule has 0 bridgehead atoms. The standard InChI is InChI=1S/C16H11ClF4N4O.ClH/c17-10-2-1-3-11-12(10)15(26)25(14(23-11)13(22)16(19,20)21)24-9-6-4-8(18)5-7-9;/h1-7,13,24H,22H2;1H. The molecule has 27 heavy (non-hydrogen) atoms. The van der Waals surface area contributed by atoms with Gasteiger partial charge in [0.15, 0.2) is 11.9 Å². The van der Waals surface area contributed by atoms with Crippen molar-refractivity contribution in [3.05, 3.63) is 69.5 Å². The summed E-state index contributed by atoms with van der Waals surface area (Å²) in [6, 6.07) is 6.37. The summed E-state index contributed by atoms with van der Waals surface area (Å²) in [6.07, 6.45) is -4.84.